The molecule has 0 radical (unpaired) electrons. The minimum absolute atomic E-state index is 0.152. The van der Waals surface area contributed by atoms with E-state index in [1.807, 2.05) is 6.92 Å². The Morgan fingerprint density at radius 2 is 1.96 bits per heavy atom. The van der Waals surface area contributed by atoms with Crippen LogP contribution in [-0.2, 0) is 11.2 Å². The first-order valence-electron chi connectivity index (χ1n) is 8.31. The fraction of sp³-hybridized carbons (Fsp3) is 0.200. The second-order valence-corrected chi connectivity index (χ2v) is 6.85. The molecule has 0 fully saturated rings. The Hall–Kier alpha value is -2.67. The molecular weight excluding hydrogens is 374 g/mol. The lowest BCUT2D eigenvalue weighted by Crippen LogP contribution is -2.11. The summed E-state index contributed by atoms with van der Waals surface area (Å²) in [6.07, 6.45) is 1.62. The molecule has 7 heteroatoms. The molecule has 3 aromatic rings. The lowest BCUT2D eigenvalue weighted by molar-refractivity contribution is -0.131. The molecule has 140 valence electrons. The highest BCUT2D eigenvalue weighted by molar-refractivity contribution is 8.00. The van der Waals surface area contributed by atoms with E-state index in [1.165, 1.54) is 18.2 Å². The molecule has 3 rings (SSSR count). The molecule has 0 spiro atoms. The number of carbonyl (C=O) groups is 1. The summed E-state index contributed by atoms with van der Waals surface area (Å²) < 4.78 is 36.9. The summed E-state index contributed by atoms with van der Waals surface area (Å²) >= 11 is 0.909. The molecule has 0 unspecified atom stereocenters. The van der Waals surface area contributed by atoms with Crippen LogP contribution in [0.25, 0.3) is 11.0 Å². The van der Waals surface area contributed by atoms with Gasteiger partial charge in [0.2, 0.25) is 0 Å². The van der Waals surface area contributed by atoms with Crippen LogP contribution in [0, 0.1) is 11.6 Å². The normalized spacial score (nSPS) is 10.9. The molecule has 0 aliphatic heterocycles. The van der Waals surface area contributed by atoms with E-state index in [9.17, 15) is 18.4 Å². The zero-order chi connectivity index (χ0) is 19.4. The SMILES string of the molecule is CCCc1cc(=O)oc2cc(OC(=O)CSc3ccc(F)cc3F)ccc12. The molecule has 4 nitrogen and oxygen atoms in total. The van der Waals surface area contributed by atoms with Gasteiger partial charge in [-0.1, -0.05) is 13.3 Å². The monoisotopic (exact) mass is 390 g/mol. The van der Waals surface area contributed by atoms with Gasteiger partial charge in [-0.05, 0) is 36.2 Å². The van der Waals surface area contributed by atoms with Gasteiger partial charge in [-0.15, -0.1) is 11.8 Å². The Kier molecular flexibility index (Phi) is 5.91. The van der Waals surface area contributed by atoms with Crippen molar-refractivity contribution in [2.75, 3.05) is 5.75 Å². The number of thioether (sulfide) groups is 1. The number of esters is 1. The number of hydrogen-bond donors (Lipinski definition) is 0. The highest BCUT2D eigenvalue weighted by Gasteiger charge is 2.12. The van der Waals surface area contributed by atoms with E-state index >= 15 is 0 Å². The van der Waals surface area contributed by atoms with E-state index in [2.05, 4.69) is 0 Å². The van der Waals surface area contributed by atoms with Gasteiger partial charge in [-0.3, -0.25) is 4.79 Å². The summed E-state index contributed by atoms with van der Waals surface area (Å²) in [5.41, 5.74) is 0.759. The van der Waals surface area contributed by atoms with Crippen molar-refractivity contribution in [2.24, 2.45) is 0 Å². The Morgan fingerprint density at radius 3 is 2.70 bits per heavy atom. The number of halogens is 2. The topological polar surface area (TPSA) is 56.5 Å². The number of benzene rings is 2. The Morgan fingerprint density at radius 1 is 1.15 bits per heavy atom. The molecule has 0 aliphatic rings. The van der Waals surface area contributed by atoms with Gasteiger partial charge in [-0.2, -0.15) is 0 Å². The minimum atomic E-state index is -0.733. The predicted octanol–water partition coefficient (Wildman–Crippen LogP) is 4.72. The van der Waals surface area contributed by atoms with Gasteiger partial charge in [0.25, 0.3) is 0 Å². The zero-order valence-corrected chi connectivity index (χ0v) is 15.3. The van der Waals surface area contributed by atoms with E-state index < -0.39 is 23.2 Å². The van der Waals surface area contributed by atoms with Crippen molar-refractivity contribution in [2.45, 2.75) is 24.7 Å². The van der Waals surface area contributed by atoms with Gasteiger partial charge >= 0.3 is 11.6 Å². The zero-order valence-electron chi connectivity index (χ0n) is 14.5. The van der Waals surface area contributed by atoms with Gasteiger partial charge in [0.05, 0.1) is 5.75 Å². The van der Waals surface area contributed by atoms with Gasteiger partial charge in [0, 0.05) is 28.5 Å². The Labute approximate surface area is 158 Å². The lowest BCUT2D eigenvalue weighted by atomic mass is 10.1. The van der Waals surface area contributed by atoms with Crippen LogP contribution in [0.1, 0.15) is 18.9 Å². The highest BCUT2D eigenvalue weighted by atomic mass is 32.2. The Bertz CT molecular complexity index is 1050. The van der Waals surface area contributed by atoms with Crippen LogP contribution in [0.4, 0.5) is 8.78 Å². The second-order valence-electron chi connectivity index (χ2n) is 5.84. The standard InChI is InChI=1S/C20H16F2O4S/c1-2-3-12-8-19(23)26-17-10-14(5-6-15(12)17)25-20(24)11-27-18-7-4-13(21)9-16(18)22/h4-10H,2-3,11H2,1H3. The van der Waals surface area contributed by atoms with Gasteiger partial charge < -0.3 is 9.15 Å². The van der Waals surface area contributed by atoms with Crippen LogP contribution in [0.2, 0.25) is 0 Å². The molecule has 0 bridgehead atoms. The van der Waals surface area contributed by atoms with Crippen molar-refractivity contribution >= 4 is 28.7 Å². The smallest absolute Gasteiger partial charge is 0.336 e. The molecule has 0 saturated heterocycles. The largest absolute Gasteiger partial charge is 0.426 e. The molecule has 0 amide bonds. The lowest BCUT2D eigenvalue weighted by Gasteiger charge is -2.08. The number of carbonyl (C=O) groups excluding carboxylic acids is 1. The third kappa shape index (κ3) is 4.74. The van der Waals surface area contributed by atoms with E-state index in [0.29, 0.717) is 5.58 Å². The van der Waals surface area contributed by atoms with Crippen LogP contribution >= 0.6 is 11.8 Å². The number of ether oxygens (including phenoxy) is 1. The maximum atomic E-state index is 13.6. The minimum Gasteiger partial charge on any atom is -0.426 e. The van der Waals surface area contributed by atoms with Crippen LogP contribution in [0.15, 0.2) is 56.6 Å². The Balaban J connectivity index is 1.72. The predicted molar refractivity (Wildman–Crippen MR) is 99.2 cm³/mol. The van der Waals surface area contributed by atoms with Crippen molar-refractivity contribution in [3.8, 4) is 5.75 Å². The van der Waals surface area contributed by atoms with E-state index in [1.54, 1.807) is 12.1 Å². The number of hydrogen-bond acceptors (Lipinski definition) is 5. The average Bonchev–Trinajstić information content (AvgIpc) is 2.61. The molecule has 1 heterocycles. The third-order valence-corrected chi connectivity index (χ3v) is 4.81. The van der Waals surface area contributed by atoms with Crippen LogP contribution in [-0.4, -0.2) is 11.7 Å². The molecule has 0 saturated carbocycles. The summed E-state index contributed by atoms with van der Waals surface area (Å²) in [7, 11) is 0. The van der Waals surface area contributed by atoms with Crippen LogP contribution < -0.4 is 10.4 Å². The van der Waals surface area contributed by atoms with Crippen molar-refractivity contribution in [1.29, 1.82) is 0 Å². The number of aryl methyl sites for hydroxylation is 1. The summed E-state index contributed by atoms with van der Waals surface area (Å²) in [4.78, 5) is 23.8. The number of fused-ring (bicyclic) bond motifs is 1. The van der Waals surface area contributed by atoms with Crippen molar-refractivity contribution in [1.82, 2.24) is 0 Å². The molecule has 0 atom stereocenters. The highest BCUT2D eigenvalue weighted by Crippen LogP contribution is 2.25. The average molecular weight is 390 g/mol. The first kappa shape index (κ1) is 19.1. The summed E-state index contributed by atoms with van der Waals surface area (Å²) in [5.74, 6) is -1.94. The third-order valence-electron chi connectivity index (χ3n) is 3.79. The van der Waals surface area contributed by atoms with E-state index in [4.69, 9.17) is 9.15 Å². The summed E-state index contributed by atoms with van der Waals surface area (Å²) in [5, 5.41) is 0.791. The molecule has 0 N–H and O–H groups in total. The van der Waals surface area contributed by atoms with Gasteiger partial charge in [-0.25, -0.2) is 13.6 Å². The first-order chi connectivity index (χ1) is 13.0. The maximum absolute atomic E-state index is 13.6. The number of rotatable bonds is 6. The molecular formula is C20H16F2O4S. The quantitative estimate of drug-likeness (QED) is 0.264. The second kappa shape index (κ2) is 8.35. The fourth-order valence-electron chi connectivity index (χ4n) is 2.64. The van der Waals surface area contributed by atoms with Gasteiger partial charge in [0.1, 0.15) is 23.0 Å². The van der Waals surface area contributed by atoms with Gasteiger partial charge in [0.15, 0.2) is 0 Å². The van der Waals surface area contributed by atoms with Crippen LogP contribution in [0.5, 0.6) is 5.75 Å². The molecule has 2 aromatic carbocycles. The van der Waals surface area contributed by atoms with Crippen molar-refractivity contribution in [3.63, 3.8) is 0 Å². The summed E-state index contributed by atoms with van der Waals surface area (Å²) in [6, 6.07) is 9.44. The first-order valence-corrected chi connectivity index (χ1v) is 9.30. The summed E-state index contributed by atoms with van der Waals surface area (Å²) in [6.45, 7) is 2.01. The maximum Gasteiger partial charge on any atom is 0.336 e. The molecule has 1 aromatic heterocycles. The fourth-order valence-corrected chi connectivity index (χ4v) is 3.33. The van der Waals surface area contributed by atoms with E-state index in [0.717, 1.165) is 47.7 Å². The van der Waals surface area contributed by atoms with Crippen molar-refractivity contribution < 1.29 is 22.7 Å². The molecule has 27 heavy (non-hydrogen) atoms. The molecule has 0 aliphatic carbocycles. The van der Waals surface area contributed by atoms with Crippen LogP contribution in [0.3, 0.4) is 0 Å². The van der Waals surface area contributed by atoms with E-state index in [-0.39, 0.29) is 16.4 Å². The van der Waals surface area contributed by atoms with Crippen molar-refractivity contribution in [3.05, 3.63) is 70.1 Å².